The molecule has 0 unspecified atom stereocenters. The molecule has 20 heavy (non-hydrogen) atoms. The molecule has 100 valence electrons. The lowest BCUT2D eigenvalue weighted by Crippen LogP contribution is -1.94. The van der Waals surface area contributed by atoms with E-state index in [1.54, 1.807) is 18.5 Å². The van der Waals surface area contributed by atoms with E-state index in [0.717, 1.165) is 5.56 Å². The van der Waals surface area contributed by atoms with Crippen LogP contribution in [0.15, 0.2) is 47.2 Å². The molecule has 0 aliphatic rings. The Morgan fingerprint density at radius 1 is 1.15 bits per heavy atom. The van der Waals surface area contributed by atoms with Crippen LogP contribution in [0.5, 0.6) is 0 Å². The highest BCUT2D eigenvalue weighted by Crippen LogP contribution is 2.27. The summed E-state index contributed by atoms with van der Waals surface area (Å²) in [7, 11) is 0. The summed E-state index contributed by atoms with van der Waals surface area (Å²) in [6.07, 6.45) is 3.86. The zero-order chi connectivity index (χ0) is 13.9. The molecule has 2 N–H and O–H groups in total. The summed E-state index contributed by atoms with van der Waals surface area (Å²) in [5, 5.41) is 3.84. The van der Waals surface area contributed by atoms with Gasteiger partial charge in [0, 0.05) is 24.5 Å². The van der Waals surface area contributed by atoms with Gasteiger partial charge in [0.1, 0.15) is 5.82 Å². The monoisotopic (exact) mass is 270 g/mol. The number of nitrogens with two attached hydrogens (primary N) is 1. The molecule has 0 atom stereocenters. The first kappa shape index (κ1) is 12.3. The van der Waals surface area contributed by atoms with Gasteiger partial charge in [0.15, 0.2) is 5.82 Å². The van der Waals surface area contributed by atoms with E-state index < -0.39 is 5.82 Å². The largest absolute Gasteiger partial charge is 0.398 e. The fraction of sp³-hybridized carbons (Fsp3) is 0.0714. The molecule has 0 bridgehead atoms. The average molecular weight is 270 g/mol. The quantitative estimate of drug-likeness (QED) is 0.739. The van der Waals surface area contributed by atoms with Crippen LogP contribution >= 0.6 is 0 Å². The van der Waals surface area contributed by atoms with E-state index in [0.29, 0.717) is 12.2 Å². The second-order valence-electron chi connectivity index (χ2n) is 4.25. The van der Waals surface area contributed by atoms with Gasteiger partial charge in [0.05, 0.1) is 5.56 Å². The molecule has 0 aliphatic heterocycles. The molecule has 1 aromatic carbocycles. The van der Waals surface area contributed by atoms with Crippen molar-refractivity contribution in [3.63, 3.8) is 0 Å². The van der Waals surface area contributed by atoms with Crippen molar-refractivity contribution in [2.45, 2.75) is 6.42 Å². The van der Waals surface area contributed by atoms with Gasteiger partial charge in [-0.25, -0.2) is 4.39 Å². The average Bonchev–Trinajstić information content (AvgIpc) is 2.88. The Morgan fingerprint density at radius 2 is 1.95 bits per heavy atom. The second kappa shape index (κ2) is 5.08. The standard InChI is InChI=1S/C14H11FN4O/c15-10-2-1-3-11(16)13(10)14-18-12(19-20-14)8-9-4-6-17-7-5-9/h1-7H,8,16H2. The Morgan fingerprint density at radius 3 is 2.70 bits per heavy atom. The molecule has 2 heterocycles. The maximum Gasteiger partial charge on any atom is 0.263 e. The Hall–Kier alpha value is -2.76. The van der Waals surface area contributed by atoms with Crippen molar-refractivity contribution in [3.05, 3.63) is 59.9 Å². The molecule has 0 fully saturated rings. The first-order valence-electron chi connectivity index (χ1n) is 6.00. The van der Waals surface area contributed by atoms with Crippen molar-refractivity contribution < 1.29 is 8.91 Å². The minimum atomic E-state index is -0.482. The van der Waals surface area contributed by atoms with Gasteiger partial charge < -0.3 is 10.3 Å². The highest BCUT2D eigenvalue weighted by atomic mass is 19.1. The molecule has 3 rings (SSSR count). The summed E-state index contributed by atoms with van der Waals surface area (Å²) in [5.41, 5.74) is 7.14. The Bertz CT molecular complexity index is 707. The lowest BCUT2D eigenvalue weighted by Gasteiger charge is -2.00. The highest BCUT2D eigenvalue weighted by molar-refractivity contribution is 5.70. The van der Waals surface area contributed by atoms with Crippen molar-refractivity contribution in [2.24, 2.45) is 0 Å². The van der Waals surface area contributed by atoms with Gasteiger partial charge in [-0.1, -0.05) is 11.2 Å². The van der Waals surface area contributed by atoms with E-state index in [-0.39, 0.29) is 17.1 Å². The number of nitrogens with zero attached hydrogens (tertiary/aromatic N) is 3. The molecular formula is C14H11FN4O. The van der Waals surface area contributed by atoms with Crippen LogP contribution in [0.1, 0.15) is 11.4 Å². The van der Waals surface area contributed by atoms with Gasteiger partial charge in [0.25, 0.3) is 5.89 Å². The lowest BCUT2D eigenvalue weighted by atomic mass is 10.1. The number of nitrogen functional groups attached to an aromatic ring is 1. The number of benzene rings is 1. The fourth-order valence-electron chi connectivity index (χ4n) is 1.88. The predicted octanol–water partition coefficient (Wildman–Crippen LogP) is 2.44. The molecular weight excluding hydrogens is 259 g/mol. The van der Waals surface area contributed by atoms with Crippen LogP contribution < -0.4 is 5.73 Å². The lowest BCUT2D eigenvalue weighted by molar-refractivity contribution is 0.422. The zero-order valence-electron chi connectivity index (χ0n) is 10.5. The Balaban J connectivity index is 1.91. The van der Waals surface area contributed by atoms with Gasteiger partial charge in [-0.15, -0.1) is 0 Å². The van der Waals surface area contributed by atoms with E-state index in [4.69, 9.17) is 10.3 Å². The van der Waals surface area contributed by atoms with Gasteiger partial charge in [-0.2, -0.15) is 4.98 Å². The molecule has 5 nitrogen and oxygen atoms in total. The summed E-state index contributed by atoms with van der Waals surface area (Å²) >= 11 is 0. The van der Waals surface area contributed by atoms with E-state index in [9.17, 15) is 4.39 Å². The van der Waals surface area contributed by atoms with E-state index in [1.165, 1.54) is 12.1 Å². The van der Waals surface area contributed by atoms with Crippen molar-refractivity contribution in [3.8, 4) is 11.5 Å². The van der Waals surface area contributed by atoms with Crippen molar-refractivity contribution >= 4 is 5.69 Å². The van der Waals surface area contributed by atoms with Gasteiger partial charge >= 0.3 is 0 Å². The highest BCUT2D eigenvalue weighted by Gasteiger charge is 2.16. The first-order valence-corrected chi connectivity index (χ1v) is 6.00. The minimum Gasteiger partial charge on any atom is -0.398 e. The Labute approximate surface area is 114 Å². The third-order valence-corrected chi connectivity index (χ3v) is 2.84. The summed E-state index contributed by atoms with van der Waals surface area (Å²) in [6.45, 7) is 0. The summed E-state index contributed by atoms with van der Waals surface area (Å²) in [5.74, 6) is 0.0719. The molecule has 0 aliphatic carbocycles. The third-order valence-electron chi connectivity index (χ3n) is 2.84. The van der Waals surface area contributed by atoms with E-state index in [1.807, 2.05) is 12.1 Å². The van der Waals surface area contributed by atoms with Crippen molar-refractivity contribution in [2.75, 3.05) is 5.73 Å². The maximum atomic E-state index is 13.8. The smallest absolute Gasteiger partial charge is 0.263 e. The third kappa shape index (κ3) is 2.35. The molecule has 0 spiro atoms. The van der Waals surface area contributed by atoms with E-state index in [2.05, 4.69) is 15.1 Å². The van der Waals surface area contributed by atoms with Crippen LogP contribution in [0.3, 0.4) is 0 Å². The van der Waals surface area contributed by atoms with Gasteiger partial charge in [-0.3, -0.25) is 4.98 Å². The molecule has 6 heteroatoms. The van der Waals surface area contributed by atoms with Gasteiger partial charge in [-0.05, 0) is 29.8 Å². The molecule has 2 aromatic heterocycles. The van der Waals surface area contributed by atoms with Crippen molar-refractivity contribution in [1.29, 1.82) is 0 Å². The number of aromatic nitrogens is 3. The molecule has 0 radical (unpaired) electrons. The number of pyridine rings is 1. The summed E-state index contributed by atoms with van der Waals surface area (Å²) < 4.78 is 18.8. The second-order valence-corrected chi connectivity index (χ2v) is 4.25. The predicted molar refractivity (Wildman–Crippen MR) is 71.1 cm³/mol. The molecule has 3 aromatic rings. The summed E-state index contributed by atoms with van der Waals surface area (Å²) in [4.78, 5) is 8.11. The minimum absolute atomic E-state index is 0.0876. The number of halogens is 1. The summed E-state index contributed by atoms with van der Waals surface area (Å²) in [6, 6.07) is 8.13. The molecule has 0 saturated carbocycles. The number of hydrogen-bond acceptors (Lipinski definition) is 5. The topological polar surface area (TPSA) is 77.8 Å². The number of anilines is 1. The van der Waals surface area contributed by atoms with Gasteiger partial charge in [0.2, 0.25) is 0 Å². The number of hydrogen-bond donors (Lipinski definition) is 1. The van der Waals surface area contributed by atoms with Crippen LogP contribution in [0, 0.1) is 5.82 Å². The van der Waals surface area contributed by atoms with Crippen molar-refractivity contribution in [1.82, 2.24) is 15.1 Å². The maximum absolute atomic E-state index is 13.8. The van der Waals surface area contributed by atoms with Crippen LogP contribution in [-0.2, 0) is 6.42 Å². The first-order chi connectivity index (χ1) is 9.74. The van der Waals surface area contributed by atoms with Crippen LogP contribution in [-0.4, -0.2) is 15.1 Å². The van der Waals surface area contributed by atoms with E-state index >= 15 is 0 Å². The fourth-order valence-corrected chi connectivity index (χ4v) is 1.88. The van der Waals surface area contributed by atoms with Crippen LogP contribution in [0.4, 0.5) is 10.1 Å². The Kier molecular flexibility index (Phi) is 3.12. The number of rotatable bonds is 3. The normalized spacial score (nSPS) is 10.7. The van der Waals surface area contributed by atoms with Crippen LogP contribution in [0.25, 0.3) is 11.5 Å². The zero-order valence-corrected chi connectivity index (χ0v) is 10.5. The SMILES string of the molecule is Nc1cccc(F)c1-c1nc(Cc2ccncc2)no1. The molecule has 0 saturated heterocycles. The molecule has 0 amide bonds. The van der Waals surface area contributed by atoms with Crippen LogP contribution in [0.2, 0.25) is 0 Å².